The van der Waals surface area contributed by atoms with Crippen molar-refractivity contribution in [2.24, 2.45) is 0 Å². The highest BCUT2D eigenvalue weighted by molar-refractivity contribution is 7.14. The fourth-order valence-electron chi connectivity index (χ4n) is 1.35. The number of rotatable bonds is 2. The van der Waals surface area contributed by atoms with Crippen LogP contribution in [0.2, 0.25) is 0 Å². The highest BCUT2D eigenvalue weighted by Gasteiger charge is 2.06. The molecule has 0 bridgehead atoms. The second-order valence-corrected chi connectivity index (χ2v) is 4.47. The molecule has 2 amide bonds. The summed E-state index contributed by atoms with van der Waals surface area (Å²) >= 11 is 1.41. The van der Waals surface area contributed by atoms with Gasteiger partial charge in [-0.2, -0.15) is 0 Å². The number of hydrogen-bond donors (Lipinski definition) is 2. The highest BCUT2D eigenvalue weighted by Crippen LogP contribution is 2.24. The van der Waals surface area contributed by atoms with Gasteiger partial charge in [-0.3, -0.25) is 5.32 Å². The Labute approximate surface area is 104 Å². The van der Waals surface area contributed by atoms with Gasteiger partial charge in [0, 0.05) is 18.0 Å². The summed E-state index contributed by atoms with van der Waals surface area (Å²) in [7, 11) is 1.57. The Balaban J connectivity index is 2.18. The number of hydrogen-bond acceptors (Lipinski definition) is 3. The van der Waals surface area contributed by atoms with Crippen LogP contribution in [0.5, 0.6) is 0 Å². The molecule has 2 rings (SSSR count). The van der Waals surface area contributed by atoms with Crippen LogP contribution in [0.1, 0.15) is 5.56 Å². The summed E-state index contributed by atoms with van der Waals surface area (Å²) in [5.41, 5.74) is 3.14. The molecule has 0 aliphatic heterocycles. The zero-order valence-corrected chi connectivity index (χ0v) is 10.5. The summed E-state index contributed by atoms with van der Waals surface area (Å²) in [5.74, 6) is 0. The molecule has 0 atom stereocenters. The van der Waals surface area contributed by atoms with Crippen molar-refractivity contribution in [2.45, 2.75) is 6.92 Å². The molecule has 1 heterocycles. The van der Waals surface area contributed by atoms with Gasteiger partial charge in [0.05, 0.1) is 5.69 Å². The molecule has 0 unspecified atom stereocenters. The van der Waals surface area contributed by atoms with Crippen LogP contribution < -0.4 is 10.6 Å². The Kier molecular flexibility index (Phi) is 3.39. The van der Waals surface area contributed by atoms with Crippen molar-refractivity contribution < 1.29 is 4.79 Å². The maximum atomic E-state index is 11.1. The van der Waals surface area contributed by atoms with Gasteiger partial charge in [0.25, 0.3) is 0 Å². The number of urea groups is 1. The smallest absolute Gasteiger partial charge is 0.320 e. The number of anilines is 1. The van der Waals surface area contributed by atoms with Gasteiger partial charge in [0.2, 0.25) is 0 Å². The average molecular weight is 247 g/mol. The maximum absolute atomic E-state index is 11.1. The van der Waals surface area contributed by atoms with Gasteiger partial charge in [0.1, 0.15) is 0 Å². The van der Waals surface area contributed by atoms with Crippen molar-refractivity contribution in [1.82, 2.24) is 10.3 Å². The molecule has 0 fully saturated rings. The van der Waals surface area contributed by atoms with Crippen LogP contribution in [0.4, 0.5) is 9.93 Å². The van der Waals surface area contributed by atoms with Gasteiger partial charge in [0.15, 0.2) is 5.13 Å². The number of nitrogens with zero attached hydrogens (tertiary/aromatic N) is 1. The van der Waals surface area contributed by atoms with Gasteiger partial charge < -0.3 is 5.32 Å². The number of thiazole rings is 1. The molecule has 0 saturated heterocycles. The Morgan fingerprint density at radius 2 is 2.00 bits per heavy atom. The number of carbonyl (C=O) groups is 1. The Hall–Kier alpha value is -1.88. The second kappa shape index (κ2) is 4.97. The molecule has 2 aromatic rings. The minimum atomic E-state index is -0.255. The molecule has 0 spiro atoms. The Bertz CT molecular complexity index is 519. The first kappa shape index (κ1) is 11.6. The number of nitrogens with one attached hydrogen (secondary N) is 2. The molecule has 0 saturated carbocycles. The molecular formula is C12H13N3OS. The van der Waals surface area contributed by atoms with Crippen molar-refractivity contribution in [3.63, 3.8) is 0 Å². The van der Waals surface area contributed by atoms with E-state index in [1.165, 1.54) is 16.9 Å². The molecule has 0 aliphatic carbocycles. The van der Waals surface area contributed by atoms with Crippen LogP contribution in [0.3, 0.4) is 0 Å². The van der Waals surface area contributed by atoms with Gasteiger partial charge in [-0.15, -0.1) is 11.3 Å². The van der Waals surface area contributed by atoms with Crippen LogP contribution in [-0.4, -0.2) is 18.1 Å². The van der Waals surface area contributed by atoms with Crippen LogP contribution in [0, 0.1) is 6.92 Å². The van der Waals surface area contributed by atoms with Crippen molar-refractivity contribution in [3.8, 4) is 11.3 Å². The minimum Gasteiger partial charge on any atom is -0.341 e. The second-order valence-electron chi connectivity index (χ2n) is 3.61. The molecule has 0 aliphatic rings. The van der Waals surface area contributed by atoms with E-state index >= 15 is 0 Å². The summed E-state index contributed by atoms with van der Waals surface area (Å²) in [6.45, 7) is 2.05. The summed E-state index contributed by atoms with van der Waals surface area (Å²) in [5, 5.41) is 7.66. The van der Waals surface area contributed by atoms with E-state index in [0.29, 0.717) is 5.13 Å². The summed E-state index contributed by atoms with van der Waals surface area (Å²) in [4.78, 5) is 15.5. The van der Waals surface area contributed by atoms with E-state index in [4.69, 9.17) is 0 Å². The lowest BCUT2D eigenvalue weighted by atomic mass is 10.1. The molecule has 4 nitrogen and oxygen atoms in total. The fourth-order valence-corrected chi connectivity index (χ4v) is 2.06. The van der Waals surface area contributed by atoms with E-state index in [2.05, 4.69) is 15.6 Å². The van der Waals surface area contributed by atoms with Crippen molar-refractivity contribution in [2.75, 3.05) is 12.4 Å². The van der Waals surface area contributed by atoms with E-state index in [1.54, 1.807) is 7.05 Å². The van der Waals surface area contributed by atoms with Crippen molar-refractivity contribution in [1.29, 1.82) is 0 Å². The molecule has 88 valence electrons. The zero-order valence-electron chi connectivity index (χ0n) is 9.65. The zero-order chi connectivity index (χ0) is 12.3. The van der Waals surface area contributed by atoms with E-state index in [0.717, 1.165) is 11.3 Å². The van der Waals surface area contributed by atoms with Crippen molar-refractivity contribution in [3.05, 3.63) is 35.2 Å². The highest BCUT2D eigenvalue weighted by atomic mass is 32.1. The maximum Gasteiger partial charge on any atom is 0.320 e. The molecule has 17 heavy (non-hydrogen) atoms. The number of benzene rings is 1. The van der Waals surface area contributed by atoms with E-state index in [-0.39, 0.29) is 6.03 Å². The molecule has 1 aromatic carbocycles. The molecule has 1 aromatic heterocycles. The minimum absolute atomic E-state index is 0.255. The predicted molar refractivity (Wildman–Crippen MR) is 70.4 cm³/mol. The number of aromatic nitrogens is 1. The summed E-state index contributed by atoms with van der Waals surface area (Å²) in [6, 6.07) is 7.87. The van der Waals surface area contributed by atoms with Crippen LogP contribution >= 0.6 is 11.3 Å². The van der Waals surface area contributed by atoms with Crippen LogP contribution in [0.25, 0.3) is 11.3 Å². The normalized spacial score (nSPS) is 10.0. The number of amides is 2. The van der Waals surface area contributed by atoms with Gasteiger partial charge in [-0.25, -0.2) is 9.78 Å². The van der Waals surface area contributed by atoms with Gasteiger partial charge in [-0.1, -0.05) is 29.8 Å². The monoisotopic (exact) mass is 247 g/mol. The lowest BCUT2D eigenvalue weighted by Gasteiger charge is -1.99. The molecule has 5 heteroatoms. The summed E-state index contributed by atoms with van der Waals surface area (Å²) in [6.07, 6.45) is 0. The first-order chi connectivity index (χ1) is 8.19. The first-order valence-electron chi connectivity index (χ1n) is 5.20. The predicted octanol–water partition coefficient (Wildman–Crippen LogP) is 2.87. The largest absolute Gasteiger partial charge is 0.341 e. The van der Waals surface area contributed by atoms with E-state index in [9.17, 15) is 4.79 Å². The third-order valence-corrected chi connectivity index (χ3v) is 3.06. The Morgan fingerprint density at radius 3 is 2.65 bits per heavy atom. The van der Waals surface area contributed by atoms with E-state index < -0.39 is 0 Å². The molecule has 2 N–H and O–H groups in total. The standard InChI is InChI=1S/C12H13N3OS/c1-8-3-5-9(6-4-8)10-7-17-12(14-10)15-11(16)13-2/h3-7H,1-2H3,(H2,13,14,15,16). The first-order valence-corrected chi connectivity index (χ1v) is 6.08. The lowest BCUT2D eigenvalue weighted by molar-refractivity contribution is 0.254. The third kappa shape index (κ3) is 2.82. The van der Waals surface area contributed by atoms with Crippen LogP contribution in [-0.2, 0) is 0 Å². The topological polar surface area (TPSA) is 54.0 Å². The average Bonchev–Trinajstić information content (AvgIpc) is 2.78. The Morgan fingerprint density at radius 1 is 1.29 bits per heavy atom. The SMILES string of the molecule is CNC(=O)Nc1nc(-c2ccc(C)cc2)cs1. The fraction of sp³-hybridized carbons (Fsp3) is 0.167. The molecule has 0 radical (unpaired) electrons. The number of aryl methyl sites for hydroxylation is 1. The molecular weight excluding hydrogens is 234 g/mol. The summed E-state index contributed by atoms with van der Waals surface area (Å²) < 4.78 is 0. The van der Waals surface area contributed by atoms with Crippen LogP contribution in [0.15, 0.2) is 29.6 Å². The number of carbonyl (C=O) groups excluding carboxylic acids is 1. The van der Waals surface area contributed by atoms with Crippen molar-refractivity contribution >= 4 is 22.5 Å². The quantitative estimate of drug-likeness (QED) is 0.857. The van der Waals surface area contributed by atoms with Gasteiger partial charge in [-0.05, 0) is 6.92 Å². The lowest BCUT2D eigenvalue weighted by Crippen LogP contribution is -2.24. The van der Waals surface area contributed by atoms with E-state index in [1.807, 2.05) is 36.6 Å². The van der Waals surface area contributed by atoms with Gasteiger partial charge >= 0.3 is 6.03 Å². The third-order valence-electron chi connectivity index (χ3n) is 2.30.